The van der Waals surface area contributed by atoms with Gasteiger partial charge in [-0.15, -0.1) is 11.8 Å². The van der Waals surface area contributed by atoms with E-state index in [0.717, 1.165) is 23.5 Å². The van der Waals surface area contributed by atoms with Crippen LogP contribution in [0.3, 0.4) is 0 Å². The Labute approximate surface area is 171 Å². The number of hydrogen-bond acceptors (Lipinski definition) is 5. The van der Waals surface area contributed by atoms with Gasteiger partial charge in [0.1, 0.15) is 0 Å². The third-order valence-electron chi connectivity index (χ3n) is 5.20. The summed E-state index contributed by atoms with van der Waals surface area (Å²) < 4.78 is 5.16. The molecule has 2 N–H and O–H groups in total. The van der Waals surface area contributed by atoms with Crippen LogP contribution in [0.4, 0.5) is 0 Å². The van der Waals surface area contributed by atoms with Gasteiger partial charge in [-0.25, -0.2) is 0 Å². The van der Waals surface area contributed by atoms with Crippen LogP contribution in [0.2, 0.25) is 0 Å². The van der Waals surface area contributed by atoms with Crippen LogP contribution >= 0.6 is 11.8 Å². The lowest BCUT2D eigenvalue weighted by Gasteiger charge is -2.46. The van der Waals surface area contributed by atoms with Gasteiger partial charge in [0.05, 0.1) is 24.0 Å². The van der Waals surface area contributed by atoms with Gasteiger partial charge in [0.25, 0.3) is 0 Å². The monoisotopic (exact) mass is 400 g/mol. The number of rotatable bonds is 8. The van der Waals surface area contributed by atoms with Crippen molar-refractivity contribution in [3.05, 3.63) is 66.2 Å². The maximum atomic E-state index is 12.8. The molecule has 1 fully saturated rings. The van der Waals surface area contributed by atoms with E-state index in [4.69, 9.17) is 4.74 Å². The van der Waals surface area contributed by atoms with E-state index in [1.165, 1.54) is 11.8 Å². The molecule has 2 aromatic carbocycles. The first kappa shape index (κ1) is 20.9. The Kier molecular flexibility index (Phi) is 7.50. The molecule has 2 atom stereocenters. The van der Waals surface area contributed by atoms with Crippen LogP contribution in [0.15, 0.2) is 65.6 Å². The van der Waals surface area contributed by atoms with Crippen molar-refractivity contribution in [2.75, 3.05) is 39.1 Å². The Bertz CT molecular complexity index is 744. The van der Waals surface area contributed by atoms with E-state index in [2.05, 4.69) is 10.2 Å². The summed E-state index contributed by atoms with van der Waals surface area (Å²) in [6, 6.07) is 19.7. The lowest BCUT2D eigenvalue weighted by atomic mass is 9.78. The number of nitrogens with zero attached hydrogens (tertiary/aromatic N) is 1. The molecule has 0 aliphatic carbocycles. The standard InChI is InChI=1S/C22H28N2O3S/c1-27-15-14-24-13-12-22(20(25)16-24,18-8-4-2-5-9-18)23-21(26)17-28-19-10-6-3-7-11-19/h2-11,20,25H,12-17H2,1H3,(H,23,26)/t20-,22-/m1/s1. The van der Waals surface area contributed by atoms with E-state index in [1.807, 2.05) is 60.7 Å². The number of likely N-dealkylation sites (tertiary alicyclic amines) is 1. The predicted octanol–water partition coefficient (Wildman–Crippen LogP) is 2.50. The average molecular weight is 401 g/mol. The predicted molar refractivity (Wildman–Crippen MR) is 112 cm³/mol. The number of β-amino-alcohol motifs (C(OH)–C–C–N with tert-alkyl or cyclic N) is 1. The fourth-order valence-corrected chi connectivity index (χ4v) is 4.38. The first-order valence-corrected chi connectivity index (χ1v) is 10.6. The number of aliphatic hydroxyl groups is 1. The van der Waals surface area contributed by atoms with Gasteiger partial charge in [-0.3, -0.25) is 9.69 Å². The quantitative estimate of drug-likeness (QED) is 0.667. The van der Waals surface area contributed by atoms with E-state index in [1.54, 1.807) is 7.11 Å². The topological polar surface area (TPSA) is 61.8 Å². The number of amides is 1. The highest BCUT2D eigenvalue weighted by molar-refractivity contribution is 8.00. The molecule has 3 rings (SSSR count). The Hall–Kier alpha value is -1.86. The second-order valence-electron chi connectivity index (χ2n) is 7.05. The summed E-state index contributed by atoms with van der Waals surface area (Å²) in [4.78, 5) is 16.0. The normalized spacial score (nSPS) is 22.7. The number of carbonyl (C=O) groups is 1. The zero-order chi connectivity index (χ0) is 19.8. The number of nitrogens with one attached hydrogen (secondary N) is 1. The molecule has 1 aliphatic heterocycles. The van der Waals surface area contributed by atoms with Crippen LogP contribution < -0.4 is 5.32 Å². The Morgan fingerprint density at radius 2 is 1.89 bits per heavy atom. The van der Waals surface area contributed by atoms with E-state index >= 15 is 0 Å². The highest BCUT2D eigenvalue weighted by Crippen LogP contribution is 2.33. The molecule has 1 heterocycles. The number of hydrogen-bond donors (Lipinski definition) is 2. The molecule has 0 radical (unpaired) electrons. The maximum absolute atomic E-state index is 12.8. The van der Waals surface area contributed by atoms with Crippen LogP contribution in [0.5, 0.6) is 0 Å². The molecule has 5 nitrogen and oxygen atoms in total. The van der Waals surface area contributed by atoms with Gasteiger partial charge in [-0.1, -0.05) is 48.5 Å². The van der Waals surface area contributed by atoms with Crippen molar-refractivity contribution in [2.45, 2.75) is 23.0 Å². The number of benzene rings is 2. The van der Waals surface area contributed by atoms with E-state index < -0.39 is 11.6 Å². The number of thioether (sulfide) groups is 1. The first-order chi connectivity index (χ1) is 13.6. The Morgan fingerprint density at radius 1 is 1.21 bits per heavy atom. The van der Waals surface area contributed by atoms with Crippen LogP contribution in [0.25, 0.3) is 0 Å². The summed E-state index contributed by atoms with van der Waals surface area (Å²) in [6.07, 6.45) is -0.0323. The molecule has 150 valence electrons. The summed E-state index contributed by atoms with van der Waals surface area (Å²) in [5, 5.41) is 14.3. The second-order valence-corrected chi connectivity index (χ2v) is 8.10. The molecule has 1 amide bonds. The summed E-state index contributed by atoms with van der Waals surface area (Å²) >= 11 is 1.50. The molecule has 0 saturated carbocycles. The van der Waals surface area contributed by atoms with Gasteiger partial charge >= 0.3 is 0 Å². The number of aliphatic hydroxyl groups excluding tert-OH is 1. The minimum Gasteiger partial charge on any atom is -0.389 e. The highest BCUT2D eigenvalue weighted by atomic mass is 32.2. The van der Waals surface area contributed by atoms with Gasteiger partial charge in [0, 0.05) is 31.6 Å². The third-order valence-corrected chi connectivity index (χ3v) is 6.21. The van der Waals surface area contributed by atoms with Crippen LogP contribution in [0, 0.1) is 0 Å². The molecule has 1 saturated heterocycles. The zero-order valence-electron chi connectivity index (χ0n) is 16.2. The maximum Gasteiger partial charge on any atom is 0.231 e. The number of methoxy groups -OCH3 is 1. The van der Waals surface area contributed by atoms with Gasteiger partial charge in [0.15, 0.2) is 0 Å². The van der Waals surface area contributed by atoms with Crippen molar-refractivity contribution >= 4 is 17.7 Å². The molecular formula is C22H28N2O3S. The van der Waals surface area contributed by atoms with E-state index in [0.29, 0.717) is 25.3 Å². The first-order valence-electron chi connectivity index (χ1n) is 9.58. The molecular weight excluding hydrogens is 372 g/mol. The average Bonchev–Trinajstić information content (AvgIpc) is 2.74. The summed E-state index contributed by atoms with van der Waals surface area (Å²) in [5.41, 5.74) is 0.186. The molecule has 0 bridgehead atoms. The molecule has 0 unspecified atom stereocenters. The SMILES string of the molecule is COCCN1CC[C@@](NC(=O)CSc2ccccc2)(c2ccccc2)[C@H](O)C1. The van der Waals surface area contributed by atoms with Crippen molar-refractivity contribution in [1.82, 2.24) is 10.2 Å². The van der Waals surface area contributed by atoms with Crippen molar-refractivity contribution in [3.63, 3.8) is 0 Å². The van der Waals surface area contributed by atoms with Crippen molar-refractivity contribution in [2.24, 2.45) is 0 Å². The van der Waals surface area contributed by atoms with Crippen molar-refractivity contribution in [3.8, 4) is 0 Å². The smallest absolute Gasteiger partial charge is 0.231 e. The number of ether oxygens (including phenoxy) is 1. The third kappa shape index (κ3) is 5.14. The minimum absolute atomic E-state index is 0.0675. The molecule has 2 aromatic rings. The molecule has 6 heteroatoms. The molecule has 0 spiro atoms. The zero-order valence-corrected chi connectivity index (χ0v) is 17.0. The fraction of sp³-hybridized carbons (Fsp3) is 0.409. The van der Waals surface area contributed by atoms with Crippen LogP contribution in [-0.2, 0) is 15.1 Å². The molecule has 28 heavy (non-hydrogen) atoms. The van der Waals surface area contributed by atoms with Gasteiger partial charge in [-0.05, 0) is 24.1 Å². The van der Waals surface area contributed by atoms with Crippen LogP contribution in [0.1, 0.15) is 12.0 Å². The number of piperidine rings is 1. The van der Waals surface area contributed by atoms with Gasteiger partial charge in [0.2, 0.25) is 5.91 Å². The lowest BCUT2D eigenvalue weighted by molar-refractivity contribution is -0.124. The van der Waals surface area contributed by atoms with Gasteiger partial charge in [-0.2, -0.15) is 0 Å². The van der Waals surface area contributed by atoms with Crippen molar-refractivity contribution in [1.29, 1.82) is 0 Å². The lowest BCUT2D eigenvalue weighted by Crippen LogP contribution is -2.62. The Balaban J connectivity index is 1.72. The summed E-state index contributed by atoms with van der Waals surface area (Å²) in [5.74, 6) is 0.251. The Morgan fingerprint density at radius 3 is 2.54 bits per heavy atom. The van der Waals surface area contributed by atoms with Crippen molar-refractivity contribution < 1.29 is 14.6 Å². The minimum atomic E-state index is -0.765. The number of carbonyl (C=O) groups excluding carboxylic acids is 1. The van der Waals surface area contributed by atoms with Crippen LogP contribution in [-0.4, -0.2) is 61.1 Å². The van der Waals surface area contributed by atoms with E-state index in [9.17, 15) is 9.90 Å². The fourth-order valence-electron chi connectivity index (χ4n) is 3.66. The summed E-state index contributed by atoms with van der Waals surface area (Å²) in [6.45, 7) is 2.70. The van der Waals surface area contributed by atoms with E-state index in [-0.39, 0.29) is 5.91 Å². The molecule has 1 aliphatic rings. The highest BCUT2D eigenvalue weighted by Gasteiger charge is 2.44. The molecule has 0 aromatic heterocycles. The largest absolute Gasteiger partial charge is 0.389 e. The van der Waals surface area contributed by atoms with Gasteiger partial charge < -0.3 is 15.2 Å². The summed E-state index contributed by atoms with van der Waals surface area (Å²) in [7, 11) is 1.68. The second kappa shape index (κ2) is 10.1.